The third-order valence-electron chi connectivity index (χ3n) is 10.1. The van der Waals surface area contributed by atoms with Gasteiger partial charge in [0.25, 0.3) is 0 Å². The Kier molecular flexibility index (Phi) is 51.1. The minimum atomic E-state index is -0.604. The molecule has 0 aromatic rings. The summed E-state index contributed by atoms with van der Waals surface area (Å²) in [5.74, 6) is -0.550. The van der Waals surface area contributed by atoms with E-state index in [2.05, 4.69) is 173 Å². The molecule has 0 rings (SSSR count). The molecule has 0 aliphatic carbocycles. The van der Waals surface area contributed by atoms with Gasteiger partial charge in [0, 0.05) is 19.4 Å². The van der Waals surface area contributed by atoms with Crippen molar-refractivity contribution in [2.45, 2.75) is 194 Å². The molecule has 0 heterocycles. The summed E-state index contributed by atoms with van der Waals surface area (Å²) >= 11 is 0. The summed E-state index contributed by atoms with van der Waals surface area (Å²) in [6, 6.07) is 0. The molecule has 0 fully saturated rings. The summed E-state index contributed by atoms with van der Waals surface area (Å²) in [6.07, 6.45) is 81.2. The molecule has 0 saturated carbocycles. The number of carbonyl (C=O) groups is 2. The van der Waals surface area contributed by atoms with Crippen LogP contribution in [-0.2, 0) is 23.8 Å². The highest BCUT2D eigenvalue weighted by atomic mass is 16.6. The summed E-state index contributed by atoms with van der Waals surface area (Å²) in [5, 5.41) is 0. The van der Waals surface area contributed by atoms with Crippen molar-refractivity contribution in [2.75, 3.05) is 19.8 Å². The first-order valence-corrected chi connectivity index (χ1v) is 26.0. The molecule has 368 valence electrons. The van der Waals surface area contributed by atoms with Crippen LogP contribution < -0.4 is 0 Å². The maximum atomic E-state index is 12.8. The van der Waals surface area contributed by atoms with Crippen LogP contribution in [0, 0.1) is 0 Å². The van der Waals surface area contributed by atoms with Gasteiger partial charge in [0.15, 0.2) is 6.10 Å². The highest BCUT2D eigenvalue weighted by Gasteiger charge is 2.17. The van der Waals surface area contributed by atoms with Crippen molar-refractivity contribution in [3.05, 3.63) is 158 Å². The van der Waals surface area contributed by atoms with Crippen molar-refractivity contribution in [3.8, 4) is 0 Å². The zero-order chi connectivity index (χ0) is 47.7. The van der Waals surface area contributed by atoms with Crippen LogP contribution in [0.15, 0.2) is 158 Å². The lowest BCUT2D eigenvalue weighted by atomic mass is 10.1. The van der Waals surface area contributed by atoms with E-state index in [0.717, 1.165) is 141 Å². The van der Waals surface area contributed by atoms with Gasteiger partial charge >= 0.3 is 11.9 Å². The van der Waals surface area contributed by atoms with Gasteiger partial charge in [0.1, 0.15) is 6.61 Å². The smallest absolute Gasteiger partial charge is 0.306 e. The average Bonchev–Trinajstić information content (AvgIpc) is 3.32. The van der Waals surface area contributed by atoms with Crippen LogP contribution in [-0.4, -0.2) is 37.9 Å². The molecule has 5 heteroatoms. The van der Waals surface area contributed by atoms with Gasteiger partial charge in [-0.3, -0.25) is 9.59 Å². The third-order valence-corrected chi connectivity index (χ3v) is 10.1. The molecule has 5 nitrogen and oxygen atoms in total. The van der Waals surface area contributed by atoms with Gasteiger partial charge in [-0.05, 0) is 128 Å². The van der Waals surface area contributed by atoms with Crippen LogP contribution in [0.4, 0.5) is 0 Å². The number of ether oxygens (including phenoxy) is 3. The van der Waals surface area contributed by atoms with Crippen LogP contribution >= 0.6 is 0 Å². The second kappa shape index (κ2) is 54.9. The number of esters is 2. The zero-order valence-electron chi connectivity index (χ0n) is 42.1. The van der Waals surface area contributed by atoms with Crippen molar-refractivity contribution in [1.82, 2.24) is 0 Å². The summed E-state index contributed by atoms with van der Waals surface area (Å²) in [4.78, 5) is 25.4. The van der Waals surface area contributed by atoms with Crippen molar-refractivity contribution >= 4 is 11.9 Å². The van der Waals surface area contributed by atoms with Gasteiger partial charge in [-0.15, -0.1) is 0 Å². The van der Waals surface area contributed by atoms with Crippen LogP contribution in [0.1, 0.15) is 188 Å². The van der Waals surface area contributed by atoms with E-state index in [1.807, 2.05) is 6.08 Å². The SMILES string of the molecule is CC/C=C\C/C=C\C/C=C\C/C=C\C/C=C\C/C=C\CCC(=O)OCC(COCCCCCC/C=C\C/C=C\C/C=C\CC)OC(=O)CCCCCC/C=C\C/C=C\C/C=C\C/C=C\CC. The first kappa shape index (κ1) is 61.5. The lowest BCUT2D eigenvalue weighted by Crippen LogP contribution is -2.30. The fraction of sp³-hybridized carbons (Fsp3) is 0.541. The minimum Gasteiger partial charge on any atom is -0.462 e. The molecule has 0 aromatic carbocycles. The normalized spacial score (nSPS) is 13.6. The minimum absolute atomic E-state index is 0.0140. The molecule has 0 aromatic heterocycles. The Hall–Kier alpha value is -4.48. The molecular weight excluding hydrogens is 813 g/mol. The first-order chi connectivity index (χ1) is 32.6. The number of rotatable bonds is 45. The Labute approximate surface area is 405 Å². The number of carbonyl (C=O) groups excluding carboxylic acids is 2. The lowest BCUT2D eigenvalue weighted by Gasteiger charge is -2.18. The second-order valence-electron chi connectivity index (χ2n) is 16.3. The van der Waals surface area contributed by atoms with Crippen LogP contribution in [0.25, 0.3) is 0 Å². The van der Waals surface area contributed by atoms with Crippen molar-refractivity contribution in [1.29, 1.82) is 0 Å². The predicted octanol–water partition coefficient (Wildman–Crippen LogP) is 17.9. The van der Waals surface area contributed by atoms with Crippen molar-refractivity contribution in [2.24, 2.45) is 0 Å². The zero-order valence-corrected chi connectivity index (χ0v) is 42.1. The van der Waals surface area contributed by atoms with E-state index in [1.54, 1.807) is 0 Å². The average molecular weight is 907 g/mol. The van der Waals surface area contributed by atoms with Gasteiger partial charge in [-0.2, -0.15) is 0 Å². The lowest BCUT2D eigenvalue weighted by molar-refractivity contribution is -0.162. The van der Waals surface area contributed by atoms with E-state index in [0.29, 0.717) is 19.4 Å². The van der Waals surface area contributed by atoms with Gasteiger partial charge in [0.2, 0.25) is 0 Å². The van der Waals surface area contributed by atoms with Crippen molar-refractivity contribution < 1.29 is 23.8 Å². The molecule has 0 radical (unpaired) electrons. The van der Waals surface area contributed by atoms with E-state index >= 15 is 0 Å². The highest BCUT2D eigenvalue weighted by molar-refractivity contribution is 5.70. The van der Waals surface area contributed by atoms with Crippen LogP contribution in [0.5, 0.6) is 0 Å². The molecule has 0 saturated heterocycles. The fourth-order valence-electron chi connectivity index (χ4n) is 6.30. The Balaban J connectivity index is 4.51. The van der Waals surface area contributed by atoms with E-state index in [1.165, 1.54) is 6.42 Å². The first-order valence-electron chi connectivity index (χ1n) is 26.0. The van der Waals surface area contributed by atoms with E-state index in [-0.39, 0.29) is 31.6 Å². The van der Waals surface area contributed by atoms with Gasteiger partial charge < -0.3 is 14.2 Å². The molecular formula is C61H94O5. The largest absolute Gasteiger partial charge is 0.462 e. The standard InChI is InChI=1S/C61H94O5/c1-4-7-10-13-16-19-22-25-28-30-31-33-34-36-39-42-45-48-51-54-60(62)65-58-59(57-64-56-53-50-47-44-41-38-27-24-21-18-15-12-9-6-3)66-61(63)55-52-49-46-43-40-37-35-32-29-26-23-20-17-14-11-8-5-2/h7-12,16-21,25-29,31,33,35-39,45,48,59H,4-6,13-15,22-24,30,32,34,40-44,46-47,49-58H2,1-3H3/b10-7-,11-8-,12-9-,19-16-,20-17-,21-18-,28-25-,29-26-,33-31-,37-35-,38-27-,39-36-,48-45-. The summed E-state index contributed by atoms with van der Waals surface area (Å²) < 4.78 is 17.3. The molecule has 1 unspecified atom stereocenters. The highest BCUT2D eigenvalue weighted by Crippen LogP contribution is 2.10. The summed E-state index contributed by atoms with van der Waals surface area (Å²) in [5.41, 5.74) is 0. The number of hydrogen-bond acceptors (Lipinski definition) is 5. The molecule has 0 amide bonds. The molecule has 1 atom stereocenters. The fourth-order valence-corrected chi connectivity index (χ4v) is 6.30. The summed E-state index contributed by atoms with van der Waals surface area (Å²) in [7, 11) is 0. The number of hydrogen-bond donors (Lipinski definition) is 0. The molecule has 66 heavy (non-hydrogen) atoms. The van der Waals surface area contributed by atoms with Crippen molar-refractivity contribution in [3.63, 3.8) is 0 Å². The van der Waals surface area contributed by atoms with E-state index in [9.17, 15) is 9.59 Å². The third kappa shape index (κ3) is 52.1. The monoisotopic (exact) mass is 907 g/mol. The second-order valence-corrected chi connectivity index (χ2v) is 16.3. The predicted molar refractivity (Wildman–Crippen MR) is 288 cm³/mol. The molecule has 0 N–H and O–H groups in total. The topological polar surface area (TPSA) is 61.8 Å². The Morgan fingerprint density at radius 3 is 1.06 bits per heavy atom. The molecule has 0 spiro atoms. The molecule has 0 aliphatic heterocycles. The summed E-state index contributed by atoms with van der Waals surface area (Å²) in [6.45, 7) is 7.30. The molecule has 0 bridgehead atoms. The Morgan fingerprint density at radius 2 is 0.667 bits per heavy atom. The maximum Gasteiger partial charge on any atom is 0.306 e. The van der Waals surface area contributed by atoms with Gasteiger partial charge in [-0.25, -0.2) is 0 Å². The quantitative estimate of drug-likeness (QED) is 0.0346. The maximum absolute atomic E-state index is 12.8. The number of allylic oxidation sites excluding steroid dienone is 26. The molecule has 0 aliphatic rings. The van der Waals surface area contributed by atoms with E-state index < -0.39 is 6.10 Å². The van der Waals surface area contributed by atoms with Gasteiger partial charge in [0.05, 0.1) is 6.61 Å². The van der Waals surface area contributed by atoms with E-state index in [4.69, 9.17) is 14.2 Å². The van der Waals surface area contributed by atoms with Gasteiger partial charge in [-0.1, -0.05) is 204 Å². The Morgan fingerprint density at radius 1 is 0.333 bits per heavy atom. The Bertz CT molecular complexity index is 1490. The van der Waals surface area contributed by atoms with Crippen LogP contribution in [0.3, 0.4) is 0 Å². The number of unbranched alkanes of at least 4 members (excludes halogenated alkanes) is 8. The van der Waals surface area contributed by atoms with Crippen LogP contribution in [0.2, 0.25) is 0 Å².